The van der Waals surface area contributed by atoms with Crippen LogP contribution in [0.5, 0.6) is 0 Å². The van der Waals surface area contributed by atoms with Gasteiger partial charge in [-0.25, -0.2) is 4.79 Å². The maximum absolute atomic E-state index is 12.5. The highest BCUT2D eigenvalue weighted by Crippen LogP contribution is 2.16. The monoisotopic (exact) mass is 406 g/mol. The number of nitrogens with one attached hydrogen (secondary N) is 1. The molecule has 0 spiro atoms. The molecule has 1 saturated heterocycles. The third kappa shape index (κ3) is 4.82. The van der Waals surface area contributed by atoms with Crippen LogP contribution in [0.1, 0.15) is 25.7 Å². The molecule has 1 aromatic heterocycles. The molecule has 1 aliphatic heterocycles. The summed E-state index contributed by atoms with van der Waals surface area (Å²) in [5.41, 5.74) is 1.42. The summed E-state index contributed by atoms with van der Waals surface area (Å²) in [6, 6.07) is 17.8. The molecule has 0 unspecified atom stereocenters. The molecule has 0 saturated carbocycles. The average Bonchev–Trinajstić information content (AvgIpc) is 2.79. The van der Waals surface area contributed by atoms with Crippen molar-refractivity contribution in [2.45, 2.75) is 32.2 Å². The van der Waals surface area contributed by atoms with Gasteiger partial charge in [0.2, 0.25) is 0 Å². The van der Waals surface area contributed by atoms with Crippen molar-refractivity contribution in [3.63, 3.8) is 0 Å². The minimum absolute atomic E-state index is 0.189. The Morgan fingerprint density at radius 2 is 1.40 bits per heavy atom. The molecule has 4 rings (SSSR count). The van der Waals surface area contributed by atoms with Gasteiger partial charge in [0.1, 0.15) is 0 Å². The van der Waals surface area contributed by atoms with E-state index in [0.717, 1.165) is 58.4 Å². The van der Waals surface area contributed by atoms with Crippen molar-refractivity contribution in [1.29, 1.82) is 0 Å². The van der Waals surface area contributed by atoms with E-state index in [-0.39, 0.29) is 11.2 Å². The second-order valence-electron chi connectivity index (χ2n) is 8.01. The fraction of sp³-hybridized carbons (Fsp3) is 0.417. The summed E-state index contributed by atoms with van der Waals surface area (Å²) >= 11 is 0. The van der Waals surface area contributed by atoms with Gasteiger partial charge in [0.15, 0.2) is 0 Å². The van der Waals surface area contributed by atoms with E-state index in [2.05, 4.69) is 45.1 Å². The zero-order valence-electron chi connectivity index (χ0n) is 17.4. The summed E-state index contributed by atoms with van der Waals surface area (Å²) in [7, 11) is 0. The maximum atomic E-state index is 12.5. The summed E-state index contributed by atoms with van der Waals surface area (Å²) in [4.78, 5) is 32.5. The SMILES string of the molecule is O=c1[nH]c2ccccc2c(=O)n1CCCCCCN1CCN(c2ccccc2)CC1. The highest BCUT2D eigenvalue weighted by molar-refractivity contribution is 5.76. The summed E-state index contributed by atoms with van der Waals surface area (Å²) in [6.45, 7) is 5.98. The van der Waals surface area contributed by atoms with Crippen LogP contribution in [0.3, 0.4) is 0 Å². The molecule has 1 fully saturated rings. The van der Waals surface area contributed by atoms with Crippen molar-refractivity contribution in [2.75, 3.05) is 37.6 Å². The fourth-order valence-corrected chi connectivity index (χ4v) is 4.23. The molecule has 0 bridgehead atoms. The van der Waals surface area contributed by atoms with Crippen LogP contribution in [0.25, 0.3) is 10.9 Å². The Kier molecular flexibility index (Phi) is 6.64. The molecule has 2 aromatic carbocycles. The Bertz CT molecular complexity index is 1070. The molecule has 30 heavy (non-hydrogen) atoms. The van der Waals surface area contributed by atoms with Gasteiger partial charge in [-0.2, -0.15) is 0 Å². The Balaban J connectivity index is 1.17. The van der Waals surface area contributed by atoms with E-state index in [1.807, 2.05) is 12.1 Å². The van der Waals surface area contributed by atoms with Crippen LogP contribution < -0.4 is 16.1 Å². The van der Waals surface area contributed by atoms with Gasteiger partial charge in [0.05, 0.1) is 10.9 Å². The molecular weight excluding hydrogens is 376 g/mol. The second-order valence-corrected chi connectivity index (χ2v) is 8.01. The van der Waals surface area contributed by atoms with Crippen LogP contribution in [-0.2, 0) is 6.54 Å². The Morgan fingerprint density at radius 3 is 2.17 bits per heavy atom. The van der Waals surface area contributed by atoms with Gasteiger partial charge in [-0.15, -0.1) is 0 Å². The van der Waals surface area contributed by atoms with E-state index in [9.17, 15) is 9.59 Å². The van der Waals surface area contributed by atoms with Crippen molar-refractivity contribution in [2.24, 2.45) is 0 Å². The molecule has 3 aromatic rings. The van der Waals surface area contributed by atoms with Crippen LogP contribution in [0.15, 0.2) is 64.2 Å². The lowest BCUT2D eigenvalue weighted by molar-refractivity contribution is 0.251. The van der Waals surface area contributed by atoms with Crippen LogP contribution in [0.4, 0.5) is 5.69 Å². The molecule has 2 heterocycles. The first-order chi connectivity index (χ1) is 14.7. The molecule has 158 valence electrons. The van der Waals surface area contributed by atoms with Gasteiger partial charge in [-0.3, -0.25) is 14.3 Å². The fourth-order valence-electron chi connectivity index (χ4n) is 4.23. The number of hydrogen-bond donors (Lipinski definition) is 1. The lowest BCUT2D eigenvalue weighted by Gasteiger charge is -2.36. The predicted octanol–water partition coefficient (Wildman–Crippen LogP) is 3.07. The van der Waals surface area contributed by atoms with Gasteiger partial charge in [0, 0.05) is 38.4 Å². The Hall–Kier alpha value is -2.86. The first-order valence-corrected chi connectivity index (χ1v) is 11.0. The molecule has 6 heteroatoms. The molecule has 6 nitrogen and oxygen atoms in total. The van der Waals surface area contributed by atoms with Crippen molar-refractivity contribution in [3.8, 4) is 0 Å². The standard InChI is InChI=1S/C24H30N4O2/c29-23-21-12-6-7-13-22(21)25-24(30)28(23)15-9-2-1-8-14-26-16-18-27(19-17-26)20-10-4-3-5-11-20/h3-7,10-13H,1-2,8-9,14-19H2,(H,25,30). The van der Waals surface area contributed by atoms with Gasteiger partial charge >= 0.3 is 5.69 Å². The first kappa shape index (κ1) is 20.4. The van der Waals surface area contributed by atoms with Gasteiger partial charge < -0.3 is 9.88 Å². The normalized spacial score (nSPS) is 15.0. The predicted molar refractivity (Wildman–Crippen MR) is 122 cm³/mol. The van der Waals surface area contributed by atoms with Crippen LogP contribution >= 0.6 is 0 Å². The van der Waals surface area contributed by atoms with E-state index in [0.29, 0.717) is 17.4 Å². The van der Waals surface area contributed by atoms with Gasteiger partial charge in [0.25, 0.3) is 5.56 Å². The molecule has 0 amide bonds. The Morgan fingerprint density at radius 1 is 0.733 bits per heavy atom. The van der Waals surface area contributed by atoms with Crippen LogP contribution in [0, 0.1) is 0 Å². The second kappa shape index (κ2) is 9.76. The number of aromatic nitrogens is 2. The summed E-state index contributed by atoms with van der Waals surface area (Å²) in [5.74, 6) is 0. The number of nitrogens with zero attached hydrogens (tertiary/aromatic N) is 3. The third-order valence-electron chi connectivity index (χ3n) is 5.99. The molecule has 1 N–H and O–H groups in total. The number of piperazine rings is 1. The Labute approximate surface area is 176 Å². The highest BCUT2D eigenvalue weighted by atomic mass is 16.2. The molecule has 0 radical (unpaired) electrons. The lowest BCUT2D eigenvalue weighted by Crippen LogP contribution is -2.46. The van der Waals surface area contributed by atoms with Crippen LogP contribution in [0.2, 0.25) is 0 Å². The van der Waals surface area contributed by atoms with E-state index in [4.69, 9.17) is 0 Å². The van der Waals surface area contributed by atoms with Crippen LogP contribution in [-0.4, -0.2) is 47.2 Å². The van der Waals surface area contributed by atoms with E-state index >= 15 is 0 Å². The minimum atomic E-state index is -0.310. The molecule has 0 aliphatic carbocycles. The zero-order valence-corrected chi connectivity index (χ0v) is 17.4. The first-order valence-electron chi connectivity index (χ1n) is 11.0. The average molecular weight is 407 g/mol. The van der Waals surface area contributed by atoms with E-state index < -0.39 is 0 Å². The van der Waals surface area contributed by atoms with Gasteiger partial charge in [-0.1, -0.05) is 43.2 Å². The number of fused-ring (bicyclic) bond motifs is 1. The number of anilines is 1. The number of unbranched alkanes of at least 4 members (excludes halogenated alkanes) is 3. The third-order valence-corrected chi connectivity index (χ3v) is 5.99. The number of rotatable bonds is 8. The smallest absolute Gasteiger partial charge is 0.328 e. The number of benzene rings is 2. The minimum Gasteiger partial charge on any atom is -0.369 e. The van der Waals surface area contributed by atoms with Crippen molar-refractivity contribution in [3.05, 3.63) is 75.4 Å². The topological polar surface area (TPSA) is 61.3 Å². The number of para-hydroxylation sites is 2. The quantitative estimate of drug-likeness (QED) is 0.584. The molecule has 0 atom stereocenters. The van der Waals surface area contributed by atoms with Crippen molar-refractivity contribution in [1.82, 2.24) is 14.5 Å². The maximum Gasteiger partial charge on any atom is 0.328 e. The number of hydrogen-bond acceptors (Lipinski definition) is 4. The lowest BCUT2D eigenvalue weighted by atomic mass is 10.1. The molecule has 1 aliphatic rings. The highest BCUT2D eigenvalue weighted by Gasteiger charge is 2.16. The van der Waals surface area contributed by atoms with E-state index in [1.54, 1.807) is 12.1 Å². The largest absolute Gasteiger partial charge is 0.369 e. The van der Waals surface area contributed by atoms with Crippen molar-refractivity contribution < 1.29 is 0 Å². The summed E-state index contributed by atoms with van der Waals surface area (Å²) in [5, 5.41) is 0.576. The van der Waals surface area contributed by atoms with E-state index in [1.165, 1.54) is 10.3 Å². The molecular formula is C24H30N4O2. The number of H-pyrrole nitrogens is 1. The summed E-state index contributed by atoms with van der Waals surface area (Å²) in [6.07, 6.45) is 4.17. The summed E-state index contributed by atoms with van der Waals surface area (Å²) < 4.78 is 1.34. The van der Waals surface area contributed by atoms with Gasteiger partial charge in [-0.05, 0) is 43.7 Å². The van der Waals surface area contributed by atoms with Crippen molar-refractivity contribution >= 4 is 16.6 Å². The number of aromatic amines is 1. The zero-order chi connectivity index (χ0) is 20.8.